The highest BCUT2D eigenvalue weighted by Gasteiger charge is 2.17. The number of carbonyl (C=O) groups excluding carboxylic acids is 2. The summed E-state index contributed by atoms with van der Waals surface area (Å²) in [6.45, 7) is 7.94. The highest BCUT2D eigenvalue weighted by molar-refractivity contribution is 5.95. The predicted molar refractivity (Wildman–Crippen MR) is 101 cm³/mol. The third-order valence-electron chi connectivity index (χ3n) is 4.17. The van der Waals surface area contributed by atoms with Crippen molar-refractivity contribution in [1.29, 1.82) is 0 Å². The molecule has 5 nitrogen and oxygen atoms in total. The van der Waals surface area contributed by atoms with Crippen molar-refractivity contribution in [2.24, 2.45) is 0 Å². The Hall–Kier alpha value is -2.73. The van der Waals surface area contributed by atoms with Crippen LogP contribution >= 0.6 is 0 Å². The summed E-state index contributed by atoms with van der Waals surface area (Å²) in [4.78, 5) is 26.0. The summed E-state index contributed by atoms with van der Waals surface area (Å²) in [6, 6.07) is 10.8. The van der Waals surface area contributed by atoms with Crippen molar-refractivity contribution in [3.63, 3.8) is 0 Å². The van der Waals surface area contributed by atoms with Gasteiger partial charge in [-0.25, -0.2) is 9.18 Å². The van der Waals surface area contributed by atoms with Crippen LogP contribution in [-0.4, -0.2) is 43.1 Å². The van der Waals surface area contributed by atoms with Crippen LogP contribution in [0.2, 0.25) is 0 Å². The summed E-state index contributed by atoms with van der Waals surface area (Å²) in [5.74, 6) is -1.29. The van der Waals surface area contributed by atoms with Crippen LogP contribution in [0.3, 0.4) is 0 Å². The van der Waals surface area contributed by atoms with Crippen LogP contribution in [0.5, 0.6) is 5.75 Å². The number of ether oxygens (including phenoxy) is 2. The van der Waals surface area contributed by atoms with E-state index in [0.717, 1.165) is 18.7 Å². The third-order valence-corrected chi connectivity index (χ3v) is 4.17. The number of halogens is 1. The van der Waals surface area contributed by atoms with Gasteiger partial charge in [0, 0.05) is 13.5 Å². The molecule has 0 radical (unpaired) electrons. The van der Waals surface area contributed by atoms with Gasteiger partial charge in [-0.3, -0.25) is 4.79 Å². The largest absolute Gasteiger partial charge is 0.461 e. The first-order valence-electron chi connectivity index (χ1n) is 8.92. The van der Waals surface area contributed by atoms with Crippen molar-refractivity contribution in [3.8, 4) is 16.9 Å². The van der Waals surface area contributed by atoms with Gasteiger partial charge in [-0.05, 0) is 48.5 Å². The normalized spacial score (nSPS) is 10.7. The fourth-order valence-electron chi connectivity index (χ4n) is 2.64. The molecule has 0 unspecified atom stereocenters. The van der Waals surface area contributed by atoms with Crippen LogP contribution in [0.4, 0.5) is 4.39 Å². The van der Waals surface area contributed by atoms with Crippen molar-refractivity contribution < 1.29 is 23.5 Å². The molecule has 0 heterocycles. The van der Waals surface area contributed by atoms with E-state index in [-0.39, 0.29) is 23.7 Å². The summed E-state index contributed by atoms with van der Waals surface area (Å²) in [5, 5.41) is 0. The molecule has 0 N–H and O–H groups in total. The van der Waals surface area contributed by atoms with Gasteiger partial charge in [-0.15, -0.1) is 0 Å². The molecule has 0 amide bonds. The maximum atomic E-state index is 13.1. The Kier molecular flexibility index (Phi) is 7.49. The summed E-state index contributed by atoms with van der Waals surface area (Å²) in [6.07, 6.45) is 0. The smallest absolute Gasteiger partial charge is 0.342 e. The van der Waals surface area contributed by atoms with E-state index < -0.39 is 11.9 Å². The number of esters is 2. The van der Waals surface area contributed by atoms with Gasteiger partial charge in [0.05, 0.1) is 0 Å². The number of hydrogen-bond acceptors (Lipinski definition) is 5. The second kappa shape index (κ2) is 9.83. The molecule has 0 fully saturated rings. The van der Waals surface area contributed by atoms with E-state index in [1.807, 2.05) is 13.8 Å². The van der Waals surface area contributed by atoms with Gasteiger partial charge in [-0.2, -0.15) is 0 Å². The first kappa shape index (κ1) is 20.6. The molecule has 2 aromatic rings. The number of hydrogen-bond donors (Lipinski definition) is 0. The van der Waals surface area contributed by atoms with E-state index in [0.29, 0.717) is 12.1 Å². The lowest BCUT2D eigenvalue weighted by Gasteiger charge is -2.18. The molecular formula is C21H24FNO4. The van der Waals surface area contributed by atoms with Gasteiger partial charge < -0.3 is 14.4 Å². The molecule has 0 aliphatic carbocycles. The standard InChI is InChI=1S/C21H24FNO4/c1-4-23(5-2)12-13-26-21(25)19-14-17(8-11-20(19)27-15(3)24)16-6-9-18(22)10-7-16/h6-11,14H,4-5,12-13H2,1-3H3. The molecule has 0 aromatic heterocycles. The van der Waals surface area contributed by atoms with Crippen molar-refractivity contribution in [2.45, 2.75) is 20.8 Å². The minimum atomic E-state index is -0.567. The molecule has 144 valence electrons. The van der Waals surface area contributed by atoms with E-state index in [1.54, 1.807) is 30.3 Å². The topological polar surface area (TPSA) is 55.8 Å². The van der Waals surface area contributed by atoms with Crippen LogP contribution in [-0.2, 0) is 9.53 Å². The van der Waals surface area contributed by atoms with E-state index in [2.05, 4.69) is 4.90 Å². The van der Waals surface area contributed by atoms with Crippen LogP contribution in [0.15, 0.2) is 42.5 Å². The lowest BCUT2D eigenvalue weighted by molar-refractivity contribution is -0.131. The maximum absolute atomic E-state index is 13.1. The summed E-state index contributed by atoms with van der Waals surface area (Å²) in [5.41, 5.74) is 1.59. The van der Waals surface area contributed by atoms with Gasteiger partial charge in [0.2, 0.25) is 0 Å². The van der Waals surface area contributed by atoms with Crippen LogP contribution in [0, 0.1) is 5.82 Å². The molecule has 0 bridgehead atoms. The van der Waals surface area contributed by atoms with Gasteiger partial charge in [0.25, 0.3) is 0 Å². The van der Waals surface area contributed by atoms with Gasteiger partial charge in [-0.1, -0.05) is 32.0 Å². The van der Waals surface area contributed by atoms with Crippen molar-refractivity contribution in [3.05, 3.63) is 53.8 Å². The van der Waals surface area contributed by atoms with Crippen LogP contribution in [0.1, 0.15) is 31.1 Å². The van der Waals surface area contributed by atoms with Gasteiger partial charge in [0.1, 0.15) is 23.7 Å². The average molecular weight is 373 g/mol. The van der Waals surface area contributed by atoms with E-state index in [1.165, 1.54) is 19.1 Å². The van der Waals surface area contributed by atoms with E-state index in [9.17, 15) is 14.0 Å². The van der Waals surface area contributed by atoms with Crippen LogP contribution in [0.25, 0.3) is 11.1 Å². The van der Waals surface area contributed by atoms with Crippen LogP contribution < -0.4 is 4.74 Å². The molecule has 6 heteroatoms. The van der Waals surface area contributed by atoms with Crippen molar-refractivity contribution in [1.82, 2.24) is 4.90 Å². The molecule has 27 heavy (non-hydrogen) atoms. The zero-order valence-corrected chi connectivity index (χ0v) is 15.8. The monoisotopic (exact) mass is 373 g/mol. The Balaban J connectivity index is 2.24. The Morgan fingerprint density at radius 2 is 1.63 bits per heavy atom. The predicted octanol–water partition coefficient (Wildman–Crippen LogP) is 3.92. The fraction of sp³-hybridized carbons (Fsp3) is 0.333. The highest BCUT2D eigenvalue weighted by Crippen LogP contribution is 2.28. The van der Waals surface area contributed by atoms with E-state index in [4.69, 9.17) is 9.47 Å². The molecule has 0 aliphatic rings. The van der Waals surface area contributed by atoms with Gasteiger partial charge in [0.15, 0.2) is 0 Å². The molecule has 2 aromatic carbocycles. The lowest BCUT2D eigenvalue weighted by atomic mass is 10.0. The molecule has 0 spiro atoms. The Morgan fingerprint density at radius 3 is 2.22 bits per heavy atom. The van der Waals surface area contributed by atoms with Crippen molar-refractivity contribution >= 4 is 11.9 Å². The number of rotatable bonds is 8. The van der Waals surface area contributed by atoms with Gasteiger partial charge >= 0.3 is 11.9 Å². The highest BCUT2D eigenvalue weighted by atomic mass is 19.1. The molecule has 0 saturated heterocycles. The quantitative estimate of drug-likeness (QED) is 0.519. The lowest BCUT2D eigenvalue weighted by Crippen LogP contribution is -2.28. The number of nitrogens with zero attached hydrogens (tertiary/aromatic N) is 1. The van der Waals surface area contributed by atoms with Crippen molar-refractivity contribution in [2.75, 3.05) is 26.2 Å². The Morgan fingerprint density at radius 1 is 1.00 bits per heavy atom. The Bertz CT molecular complexity index is 785. The van der Waals surface area contributed by atoms with E-state index >= 15 is 0 Å². The molecule has 0 atom stereocenters. The number of likely N-dealkylation sites (N-methyl/N-ethyl adjacent to an activating group) is 1. The summed E-state index contributed by atoms with van der Waals surface area (Å²) >= 11 is 0. The molecular weight excluding hydrogens is 349 g/mol. The molecule has 0 aliphatic heterocycles. The molecule has 2 rings (SSSR count). The first-order chi connectivity index (χ1) is 12.9. The summed E-state index contributed by atoms with van der Waals surface area (Å²) < 4.78 is 23.6. The minimum absolute atomic E-state index is 0.140. The number of carbonyl (C=O) groups is 2. The second-order valence-electron chi connectivity index (χ2n) is 5.97. The number of benzene rings is 2. The second-order valence-corrected chi connectivity index (χ2v) is 5.97. The third kappa shape index (κ3) is 5.89. The molecule has 0 saturated carbocycles. The fourth-order valence-corrected chi connectivity index (χ4v) is 2.64. The zero-order chi connectivity index (χ0) is 19.8. The zero-order valence-electron chi connectivity index (χ0n) is 15.8. The summed E-state index contributed by atoms with van der Waals surface area (Å²) in [7, 11) is 0. The Labute approximate surface area is 158 Å². The maximum Gasteiger partial charge on any atom is 0.342 e. The SMILES string of the molecule is CCN(CC)CCOC(=O)c1cc(-c2ccc(F)cc2)ccc1OC(C)=O. The minimum Gasteiger partial charge on any atom is -0.461 e. The first-order valence-corrected chi connectivity index (χ1v) is 8.92. The average Bonchev–Trinajstić information content (AvgIpc) is 2.65.